The molecular formula is C33H44ClF3N6O3. The quantitative estimate of drug-likeness (QED) is 0.374. The van der Waals surface area contributed by atoms with Gasteiger partial charge in [0, 0.05) is 44.3 Å². The van der Waals surface area contributed by atoms with Crippen LogP contribution in [0.25, 0.3) is 0 Å². The van der Waals surface area contributed by atoms with Gasteiger partial charge in [-0.05, 0) is 103 Å². The molecule has 13 heteroatoms. The minimum Gasteiger partial charge on any atom is -0.444 e. The summed E-state index contributed by atoms with van der Waals surface area (Å²) in [5.41, 5.74) is -0.844. The number of hydrogen-bond acceptors (Lipinski definition) is 6. The fourth-order valence-electron chi connectivity index (χ4n) is 7.30. The van der Waals surface area contributed by atoms with Gasteiger partial charge in [0.25, 0.3) is 5.91 Å². The number of nitrogens with zero attached hydrogens (tertiary/aromatic N) is 5. The SMILES string of the molecule is CC(C)(C)OC(=O)N1CC2(CCN(CC3CCN(c4cnn(C5(C(=O)Nc6ccc(C(F)(F)F)cc6Cl)CCC5)c4)CC3)CC2)C1. The molecule has 0 bridgehead atoms. The minimum absolute atomic E-state index is 0.153. The van der Waals surface area contributed by atoms with Gasteiger partial charge in [-0.1, -0.05) is 11.6 Å². The number of amides is 2. The molecule has 3 saturated heterocycles. The molecule has 3 aliphatic heterocycles. The minimum atomic E-state index is -4.51. The van der Waals surface area contributed by atoms with E-state index in [4.69, 9.17) is 16.3 Å². The summed E-state index contributed by atoms with van der Waals surface area (Å²) in [5, 5.41) is 7.18. The average Bonchev–Trinajstić information content (AvgIpc) is 3.42. The van der Waals surface area contributed by atoms with E-state index in [1.165, 1.54) is 6.07 Å². The fraction of sp³-hybridized carbons (Fsp3) is 0.667. The lowest BCUT2D eigenvalue weighted by molar-refractivity contribution is -0.137. The van der Waals surface area contributed by atoms with E-state index in [0.717, 1.165) is 95.7 Å². The molecule has 1 saturated carbocycles. The summed E-state index contributed by atoms with van der Waals surface area (Å²) in [7, 11) is 0. The van der Waals surface area contributed by atoms with Crippen LogP contribution in [0.2, 0.25) is 5.02 Å². The number of nitrogens with one attached hydrogen (secondary N) is 1. The molecule has 1 aromatic heterocycles. The third-order valence-electron chi connectivity index (χ3n) is 10.3. The van der Waals surface area contributed by atoms with E-state index in [9.17, 15) is 22.8 Å². The number of hydrogen-bond donors (Lipinski definition) is 1. The second-order valence-corrected chi connectivity index (χ2v) is 15.1. The van der Waals surface area contributed by atoms with E-state index in [0.29, 0.717) is 18.8 Å². The number of ether oxygens (including phenoxy) is 1. The Hall–Kier alpha value is -2.99. The van der Waals surface area contributed by atoms with Gasteiger partial charge in [0.05, 0.1) is 28.2 Å². The molecule has 252 valence electrons. The molecule has 1 spiro atoms. The number of carbonyl (C=O) groups excluding carboxylic acids is 2. The predicted octanol–water partition coefficient (Wildman–Crippen LogP) is 6.62. The zero-order chi connectivity index (χ0) is 32.9. The van der Waals surface area contributed by atoms with Crippen molar-refractivity contribution in [2.45, 2.75) is 83.0 Å². The van der Waals surface area contributed by atoms with Crippen molar-refractivity contribution in [3.8, 4) is 0 Å². The number of alkyl halides is 3. The summed E-state index contributed by atoms with van der Waals surface area (Å²) in [6.07, 6.45) is 5.46. The van der Waals surface area contributed by atoms with Crippen LogP contribution in [0.4, 0.5) is 29.3 Å². The van der Waals surface area contributed by atoms with E-state index in [2.05, 4.69) is 20.2 Å². The molecule has 6 rings (SSSR count). The van der Waals surface area contributed by atoms with Crippen LogP contribution in [0.5, 0.6) is 0 Å². The molecule has 1 aromatic carbocycles. The zero-order valence-corrected chi connectivity index (χ0v) is 27.6. The average molecular weight is 665 g/mol. The van der Waals surface area contributed by atoms with Crippen LogP contribution >= 0.6 is 11.6 Å². The van der Waals surface area contributed by atoms with Crippen molar-refractivity contribution in [2.24, 2.45) is 11.3 Å². The number of carbonyl (C=O) groups is 2. The summed E-state index contributed by atoms with van der Waals surface area (Å²) in [6.45, 7) is 12.4. The topological polar surface area (TPSA) is 82.9 Å². The monoisotopic (exact) mass is 664 g/mol. The second-order valence-electron chi connectivity index (χ2n) is 14.7. The van der Waals surface area contributed by atoms with Crippen LogP contribution < -0.4 is 10.2 Å². The van der Waals surface area contributed by atoms with Crippen LogP contribution in [0, 0.1) is 11.3 Å². The molecule has 0 radical (unpaired) electrons. The Bertz CT molecular complexity index is 1430. The van der Waals surface area contributed by atoms with E-state index in [1.54, 1.807) is 4.68 Å². The lowest BCUT2D eigenvalue weighted by Crippen LogP contribution is -2.62. The van der Waals surface area contributed by atoms with Crippen LogP contribution in [-0.4, -0.2) is 83.0 Å². The highest BCUT2D eigenvalue weighted by Crippen LogP contribution is 2.43. The van der Waals surface area contributed by atoms with E-state index in [-0.39, 0.29) is 28.1 Å². The van der Waals surface area contributed by atoms with E-state index < -0.39 is 22.9 Å². The molecule has 46 heavy (non-hydrogen) atoms. The molecule has 4 fully saturated rings. The Morgan fingerprint density at radius 1 is 1.04 bits per heavy atom. The summed E-state index contributed by atoms with van der Waals surface area (Å²) in [4.78, 5) is 32.5. The highest BCUT2D eigenvalue weighted by atomic mass is 35.5. The first-order valence-electron chi connectivity index (χ1n) is 16.3. The predicted molar refractivity (Wildman–Crippen MR) is 170 cm³/mol. The fourth-order valence-corrected chi connectivity index (χ4v) is 7.53. The summed E-state index contributed by atoms with van der Waals surface area (Å²) in [6, 6.07) is 2.95. The van der Waals surface area contributed by atoms with Crippen molar-refractivity contribution >= 4 is 35.0 Å². The van der Waals surface area contributed by atoms with Gasteiger partial charge in [0.15, 0.2) is 0 Å². The van der Waals surface area contributed by atoms with Gasteiger partial charge < -0.3 is 24.8 Å². The first-order valence-corrected chi connectivity index (χ1v) is 16.7. The first kappa shape index (κ1) is 32.9. The Morgan fingerprint density at radius 2 is 1.72 bits per heavy atom. The molecule has 0 atom stereocenters. The number of rotatable bonds is 6. The molecular weight excluding hydrogens is 621 g/mol. The third-order valence-corrected chi connectivity index (χ3v) is 10.6. The number of halogens is 4. The molecule has 2 aromatic rings. The maximum absolute atomic E-state index is 13.4. The smallest absolute Gasteiger partial charge is 0.416 e. The number of likely N-dealkylation sites (tertiary alicyclic amines) is 2. The van der Waals surface area contributed by atoms with Crippen LogP contribution in [-0.2, 0) is 21.2 Å². The molecule has 9 nitrogen and oxygen atoms in total. The highest BCUT2D eigenvalue weighted by Gasteiger charge is 2.49. The lowest BCUT2D eigenvalue weighted by atomic mass is 9.72. The summed E-state index contributed by atoms with van der Waals surface area (Å²) in [5.74, 6) is 0.300. The van der Waals surface area contributed by atoms with E-state index in [1.807, 2.05) is 38.1 Å². The van der Waals surface area contributed by atoms with Crippen molar-refractivity contribution in [3.05, 3.63) is 41.2 Å². The van der Waals surface area contributed by atoms with Gasteiger partial charge in [-0.2, -0.15) is 18.3 Å². The van der Waals surface area contributed by atoms with Gasteiger partial charge in [-0.15, -0.1) is 0 Å². The number of benzene rings is 1. The molecule has 1 aliphatic carbocycles. The van der Waals surface area contributed by atoms with Crippen LogP contribution in [0.3, 0.4) is 0 Å². The van der Waals surface area contributed by atoms with Crippen LogP contribution in [0.15, 0.2) is 30.6 Å². The van der Waals surface area contributed by atoms with Gasteiger partial charge in [0.1, 0.15) is 11.1 Å². The van der Waals surface area contributed by atoms with Gasteiger partial charge in [0.2, 0.25) is 0 Å². The van der Waals surface area contributed by atoms with Gasteiger partial charge in [-0.3, -0.25) is 9.48 Å². The molecule has 4 heterocycles. The maximum Gasteiger partial charge on any atom is 0.416 e. The number of piperidine rings is 2. The lowest BCUT2D eigenvalue weighted by Gasteiger charge is -2.54. The third kappa shape index (κ3) is 6.83. The Balaban J connectivity index is 0.972. The largest absolute Gasteiger partial charge is 0.444 e. The molecule has 1 N–H and O–H groups in total. The highest BCUT2D eigenvalue weighted by molar-refractivity contribution is 6.33. The normalized spacial score (nSPS) is 21.9. The Kier molecular flexibility index (Phi) is 8.75. The number of anilines is 2. The second kappa shape index (κ2) is 12.2. The Morgan fingerprint density at radius 3 is 2.28 bits per heavy atom. The Labute approximate surface area is 273 Å². The first-order chi connectivity index (χ1) is 21.6. The van der Waals surface area contributed by atoms with Crippen molar-refractivity contribution in [1.82, 2.24) is 19.6 Å². The van der Waals surface area contributed by atoms with Gasteiger partial charge >= 0.3 is 12.3 Å². The summed E-state index contributed by atoms with van der Waals surface area (Å²) >= 11 is 6.11. The molecule has 2 amide bonds. The van der Waals surface area contributed by atoms with Crippen LogP contribution in [0.1, 0.15) is 71.3 Å². The van der Waals surface area contributed by atoms with Crippen molar-refractivity contribution < 1.29 is 27.5 Å². The summed E-state index contributed by atoms with van der Waals surface area (Å²) < 4.78 is 46.4. The standard InChI is InChI=1S/C33H44ClF3N6O3/c1-30(2,3)46-29(45)42-21-31(22-42)11-15-40(16-12-31)19-23-7-13-41(14-8-23)25-18-38-43(20-25)32(9-4-10-32)28(44)39-27-6-5-24(17-26(27)34)33(35,36)37/h5-6,17-18,20,23H,4,7-16,19,21-22H2,1-3H3,(H,39,44). The molecule has 0 unspecified atom stereocenters. The van der Waals surface area contributed by atoms with Crippen molar-refractivity contribution in [1.29, 1.82) is 0 Å². The molecule has 4 aliphatic rings. The van der Waals surface area contributed by atoms with Crippen molar-refractivity contribution in [2.75, 3.05) is 56.0 Å². The zero-order valence-electron chi connectivity index (χ0n) is 26.8. The number of aromatic nitrogens is 2. The maximum atomic E-state index is 13.4. The van der Waals surface area contributed by atoms with Crippen molar-refractivity contribution in [3.63, 3.8) is 0 Å². The van der Waals surface area contributed by atoms with E-state index >= 15 is 0 Å². The van der Waals surface area contributed by atoms with Gasteiger partial charge in [-0.25, -0.2) is 4.79 Å².